The molecule has 2 aromatic carbocycles. The van der Waals surface area contributed by atoms with Crippen LogP contribution in [-0.2, 0) is 6.54 Å². The molecule has 0 bridgehead atoms. The lowest BCUT2D eigenvalue weighted by molar-refractivity contribution is 0.475. The highest BCUT2D eigenvalue weighted by Crippen LogP contribution is 2.22. The van der Waals surface area contributed by atoms with Gasteiger partial charge in [0.2, 0.25) is 0 Å². The lowest BCUT2D eigenvalue weighted by Crippen LogP contribution is -1.99. The van der Waals surface area contributed by atoms with Crippen molar-refractivity contribution in [1.29, 1.82) is 0 Å². The van der Waals surface area contributed by atoms with Crippen molar-refractivity contribution in [1.82, 2.24) is 0 Å². The summed E-state index contributed by atoms with van der Waals surface area (Å²) in [6.45, 7) is 0.613. The van der Waals surface area contributed by atoms with Gasteiger partial charge in [-0.15, -0.1) is 0 Å². The van der Waals surface area contributed by atoms with Gasteiger partial charge in [0.15, 0.2) is 0 Å². The van der Waals surface area contributed by atoms with Gasteiger partial charge in [-0.05, 0) is 35.9 Å². The van der Waals surface area contributed by atoms with Crippen LogP contribution in [0.2, 0.25) is 5.02 Å². The maximum absolute atomic E-state index is 9.34. The van der Waals surface area contributed by atoms with Crippen LogP contribution in [0.4, 0.5) is 5.69 Å². The monoisotopic (exact) mass is 311 g/mol. The minimum absolute atomic E-state index is 0.246. The highest BCUT2D eigenvalue weighted by molar-refractivity contribution is 9.10. The molecular formula is C13H11BrClNO. The maximum atomic E-state index is 9.34. The third-order valence-corrected chi connectivity index (χ3v) is 3.20. The predicted octanol–water partition coefficient (Wildman–Crippen LogP) is 4.42. The summed E-state index contributed by atoms with van der Waals surface area (Å²) in [7, 11) is 0. The Labute approximate surface area is 113 Å². The van der Waals surface area contributed by atoms with Crippen LogP contribution in [0.3, 0.4) is 0 Å². The van der Waals surface area contributed by atoms with Crippen LogP contribution in [0.1, 0.15) is 5.56 Å². The van der Waals surface area contributed by atoms with Crippen molar-refractivity contribution < 1.29 is 5.11 Å². The van der Waals surface area contributed by atoms with E-state index in [1.165, 1.54) is 0 Å². The predicted molar refractivity (Wildman–Crippen MR) is 74.6 cm³/mol. The molecule has 2 aromatic rings. The number of anilines is 1. The lowest BCUT2D eigenvalue weighted by atomic mass is 10.2. The fourth-order valence-electron chi connectivity index (χ4n) is 1.49. The maximum Gasteiger partial charge on any atom is 0.117 e. The Balaban J connectivity index is 2.09. The summed E-state index contributed by atoms with van der Waals surface area (Å²) in [5.74, 6) is 0.246. The number of phenolic OH excluding ortho intramolecular Hbond substituents is 1. The fraction of sp³-hybridized carbons (Fsp3) is 0.0769. The van der Waals surface area contributed by atoms with Crippen LogP contribution in [0.25, 0.3) is 0 Å². The Hall–Kier alpha value is -1.19. The summed E-state index contributed by atoms with van der Waals surface area (Å²) in [4.78, 5) is 0. The van der Waals surface area contributed by atoms with E-state index in [9.17, 15) is 5.11 Å². The molecule has 0 aliphatic rings. The molecule has 2 N–H and O–H groups in total. The number of phenols is 1. The first-order valence-electron chi connectivity index (χ1n) is 5.12. The van der Waals surface area contributed by atoms with E-state index in [1.807, 2.05) is 24.3 Å². The summed E-state index contributed by atoms with van der Waals surface area (Å²) in [5.41, 5.74) is 1.87. The minimum Gasteiger partial charge on any atom is -0.508 e. The van der Waals surface area contributed by atoms with E-state index in [4.69, 9.17) is 11.6 Å². The Morgan fingerprint density at radius 3 is 2.76 bits per heavy atom. The molecule has 4 heteroatoms. The van der Waals surface area contributed by atoms with Gasteiger partial charge in [0, 0.05) is 27.8 Å². The Morgan fingerprint density at radius 2 is 2.00 bits per heavy atom. The van der Waals surface area contributed by atoms with E-state index in [2.05, 4.69) is 21.2 Å². The van der Waals surface area contributed by atoms with Gasteiger partial charge in [-0.25, -0.2) is 0 Å². The number of halogens is 2. The number of hydrogen-bond acceptors (Lipinski definition) is 2. The molecule has 0 saturated carbocycles. The summed E-state index contributed by atoms with van der Waals surface area (Å²) in [6.07, 6.45) is 0. The van der Waals surface area contributed by atoms with Gasteiger partial charge in [-0.1, -0.05) is 33.6 Å². The Kier molecular flexibility index (Phi) is 3.92. The van der Waals surface area contributed by atoms with Crippen molar-refractivity contribution in [3.05, 3.63) is 57.5 Å². The van der Waals surface area contributed by atoms with Crippen molar-refractivity contribution in [2.75, 3.05) is 5.32 Å². The zero-order chi connectivity index (χ0) is 12.3. The number of nitrogens with one attached hydrogen (secondary N) is 1. The Morgan fingerprint density at radius 1 is 1.18 bits per heavy atom. The molecule has 0 amide bonds. The second-order valence-electron chi connectivity index (χ2n) is 3.64. The molecule has 0 aromatic heterocycles. The lowest BCUT2D eigenvalue weighted by Gasteiger charge is -2.08. The summed E-state index contributed by atoms with van der Waals surface area (Å²) in [6, 6.07) is 12.7. The molecule has 17 heavy (non-hydrogen) atoms. The zero-order valence-electron chi connectivity index (χ0n) is 8.95. The zero-order valence-corrected chi connectivity index (χ0v) is 11.3. The molecule has 2 nitrogen and oxygen atoms in total. The van der Waals surface area contributed by atoms with Crippen LogP contribution in [0.15, 0.2) is 46.9 Å². The number of aromatic hydroxyl groups is 1. The molecule has 0 saturated heterocycles. The normalized spacial score (nSPS) is 10.2. The van der Waals surface area contributed by atoms with Crippen molar-refractivity contribution in [2.45, 2.75) is 6.54 Å². The van der Waals surface area contributed by atoms with E-state index in [0.29, 0.717) is 6.54 Å². The highest BCUT2D eigenvalue weighted by Gasteiger charge is 2.01. The first kappa shape index (κ1) is 12.3. The first-order chi connectivity index (χ1) is 8.15. The smallest absolute Gasteiger partial charge is 0.117 e. The highest BCUT2D eigenvalue weighted by atomic mass is 79.9. The van der Waals surface area contributed by atoms with Crippen LogP contribution < -0.4 is 5.32 Å². The first-order valence-corrected chi connectivity index (χ1v) is 6.29. The van der Waals surface area contributed by atoms with E-state index >= 15 is 0 Å². The van der Waals surface area contributed by atoms with Gasteiger partial charge >= 0.3 is 0 Å². The second kappa shape index (κ2) is 5.43. The van der Waals surface area contributed by atoms with Crippen LogP contribution >= 0.6 is 27.5 Å². The van der Waals surface area contributed by atoms with Gasteiger partial charge in [0.05, 0.1) is 0 Å². The molecule has 0 heterocycles. The summed E-state index contributed by atoms with van der Waals surface area (Å²) < 4.78 is 0.995. The van der Waals surface area contributed by atoms with Gasteiger partial charge in [0.1, 0.15) is 5.75 Å². The molecular weight excluding hydrogens is 302 g/mol. The van der Waals surface area contributed by atoms with Crippen molar-refractivity contribution in [2.24, 2.45) is 0 Å². The van der Waals surface area contributed by atoms with E-state index in [1.54, 1.807) is 18.2 Å². The average Bonchev–Trinajstić information content (AvgIpc) is 2.30. The summed E-state index contributed by atoms with van der Waals surface area (Å²) >= 11 is 9.49. The quantitative estimate of drug-likeness (QED) is 0.879. The number of benzene rings is 2. The van der Waals surface area contributed by atoms with Crippen molar-refractivity contribution in [3.63, 3.8) is 0 Å². The summed E-state index contributed by atoms with van der Waals surface area (Å²) in [5, 5.41) is 13.3. The Bertz CT molecular complexity index is 531. The number of rotatable bonds is 3. The molecule has 0 fully saturated rings. The van der Waals surface area contributed by atoms with E-state index < -0.39 is 0 Å². The van der Waals surface area contributed by atoms with Gasteiger partial charge in [-0.3, -0.25) is 0 Å². The van der Waals surface area contributed by atoms with Crippen molar-refractivity contribution in [3.8, 4) is 5.75 Å². The molecule has 0 spiro atoms. The van der Waals surface area contributed by atoms with Crippen LogP contribution in [0.5, 0.6) is 5.75 Å². The molecule has 2 rings (SSSR count). The van der Waals surface area contributed by atoms with Crippen LogP contribution in [-0.4, -0.2) is 5.11 Å². The second-order valence-corrected chi connectivity index (χ2v) is 4.96. The average molecular weight is 313 g/mol. The number of hydrogen-bond donors (Lipinski definition) is 2. The third-order valence-electron chi connectivity index (χ3n) is 2.34. The van der Waals surface area contributed by atoms with E-state index in [-0.39, 0.29) is 5.75 Å². The molecule has 0 aliphatic carbocycles. The molecule has 0 radical (unpaired) electrons. The largest absolute Gasteiger partial charge is 0.508 e. The standard InChI is InChI=1S/C13H11BrClNO/c14-10-4-5-13(15)9(6-10)8-16-11-2-1-3-12(17)7-11/h1-7,16-17H,8H2. The topological polar surface area (TPSA) is 32.3 Å². The molecule has 0 atom stereocenters. The van der Waals surface area contributed by atoms with Gasteiger partial charge < -0.3 is 10.4 Å². The molecule has 0 unspecified atom stereocenters. The van der Waals surface area contributed by atoms with Gasteiger partial charge in [0.25, 0.3) is 0 Å². The fourth-order valence-corrected chi connectivity index (χ4v) is 2.08. The third kappa shape index (κ3) is 3.38. The minimum atomic E-state index is 0.246. The molecule has 0 aliphatic heterocycles. The van der Waals surface area contributed by atoms with Crippen molar-refractivity contribution >= 4 is 33.2 Å². The van der Waals surface area contributed by atoms with Crippen LogP contribution in [0, 0.1) is 0 Å². The van der Waals surface area contributed by atoms with Gasteiger partial charge in [-0.2, -0.15) is 0 Å². The SMILES string of the molecule is Oc1cccc(NCc2cc(Br)ccc2Cl)c1. The van der Waals surface area contributed by atoms with E-state index in [0.717, 1.165) is 20.7 Å². The molecule has 88 valence electrons.